The monoisotopic (exact) mass is 526 g/mol. The van der Waals surface area contributed by atoms with E-state index >= 15 is 0 Å². The molecule has 1 N–H and O–H groups in total. The highest BCUT2D eigenvalue weighted by atomic mass is 16.6. The summed E-state index contributed by atoms with van der Waals surface area (Å²) in [5.74, 6) is 0. The van der Waals surface area contributed by atoms with Gasteiger partial charge in [-0.2, -0.15) is 0 Å². The number of amides is 1. The number of H-pyrrole nitrogens is 1. The summed E-state index contributed by atoms with van der Waals surface area (Å²) in [6.07, 6.45) is 3.25. The summed E-state index contributed by atoms with van der Waals surface area (Å²) in [6, 6.07) is 28.9. The van der Waals surface area contributed by atoms with Crippen molar-refractivity contribution in [3.63, 3.8) is 0 Å². The largest absolute Gasteiger partial charge is 0.448 e. The number of hydrogen-bond acceptors (Lipinski definition) is 4. The van der Waals surface area contributed by atoms with Crippen LogP contribution in [0.2, 0.25) is 0 Å². The first kappa shape index (κ1) is 26.8. The number of carbonyl (C=O) groups excluding carboxylic acids is 1. The predicted molar refractivity (Wildman–Crippen MR) is 155 cm³/mol. The van der Waals surface area contributed by atoms with E-state index in [-0.39, 0.29) is 23.9 Å². The van der Waals surface area contributed by atoms with Gasteiger partial charge in [0.15, 0.2) is 0 Å². The number of benzene rings is 3. The number of carbonyl (C=O) groups is 1. The summed E-state index contributed by atoms with van der Waals surface area (Å²) in [6.45, 7) is 5.38. The molecule has 0 bridgehead atoms. The van der Waals surface area contributed by atoms with Gasteiger partial charge in [-0.3, -0.25) is 9.47 Å². The molecule has 1 amide bonds. The minimum atomic E-state index is -0.268. The van der Waals surface area contributed by atoms with E-state index in [1.54, 1.807) is 4.90 Å². The number of nitrogens with one attached hydrogen (secondary N) is 1. The minimum Gasteiger partial charge on any atom is -0.448 e. The van der Waals surface area contributed by atoms with Crippen LogP contribution in [-0.2, 0) is 17.7 Å². The minimum absolute atomic E-state index is 0.0719. The average Bonchev–Trinajstić information content (AvgIpc) is 3.32. The molecule has 1 aliphatic rings. The van der Waals surface area contributed by atoms with E-state index in [1.807, 2.05) is 41.0 Å². The number of piperidine rings is 1. The fourth-order valence-corrected chi connectivity index (χ4v) is 5.54. The van der Waals surface area contributed by atoms with Gasteiger partial charge >= 0.3 is 11.8 Å². The second-order valence-electron chi connectivity index (χ2n) is 10.5. The number of likely N-dealkylation sites (tertiary alicyclic amines) is 1. The third-order valence-corrected chi connectivity index (χ3v) is 7.77. The van der Waals surface area contributed by atoms with Gasteiger partial charge in [0.25, 0.3) is 0 Å². The summed E-state index contributed by atoms with van der Waals surface area (Å²) in [5, 5.41) is 0. The van der Waals surface area contributed by atoms with Gasteiger partial charge in [0.05, 0.1) is 11.0 Å². The van der Waals surface area contributed by atoms with Crippen LogP contribution in [0.15, 0.2) is 89.7 Å². The maximum Gasteiger partial charge on any atom is 0.409 e. The van der Waals surface area contributed by atoms with E-state index in [1.165, 1.54) is 11.1 Å². The fraction of sp³-hybridized carbons (Fsp3) is 0.375. The molecule has 4 aromatic rings. The summed E-state index contributed by atoms with van der Waals surface area (Å²) in [4.78, 5) is 32.7. The molecule has 0 aliphatic carbocycles. The molecule has 1 aromatic heterocycles. The van der Waals surface area contributed by atoms with Crippen molar-refractivity contribution in [2.45, 2.75) is 51.2 Å². The highest BCUT2D eigenvalue weighted by Gasteiger charge is 2.27. The van der Waals surface area contributed by atoms with Crippen LogP contribution in [-0.4, -0.2) is 57.7 Å². The highest BCUT2D eigenvalue weighted by Crippen LogP contribution is 2.25. The topological polar surface area (TPSA) is 70.6 Å². The normalized spacial score (nSPS) is 15.1. The molecule has 3 aromatic carbocycles. The molecule has 5 rings (SSSR count). The van der Waals surface area contributed by atoms with Crippen molar-refractivity contribution < 1.29 is 9.53 Å². The Bertz CT molecular complexity index is 1390. The Labute approximate surface area is 230 Å². The highest BCUT2D eigenvalue weighted by molar-refractivity contribution is 5.75. The first-order valence-corrected chi connectivity index (χ1v) is 14.0. The van der Waals surface area contributed by atoms with Crippen molar-refractivity contribution >= 4 is 17.1 Å². The Morgan fingerprint density at radius 2 is 1.59 bits per heavy atom. The predicted octanol–water partition coefficient (Wildman–Crippen LogP) is 5.63. The Hall–Kier alpha value is -3.84. The van der Waals surface area contributed by atoms with Gasteiger partial charge in [0.2, 0.25) is 0 Å². The Balaban J connectivity index is 1.14. The molecule has 1 aliphatic heterocycles. The van der Waals surface area contributed by atoms with Gasteiger partial charge in [-0.25, -0.2) is 9.59 Å². The number of rotatable bonds is 10. The van der Waals surface area contributed by atoms with E-state index in [0.29, 0.717) is 19.7 Å². The molecule has 0 spiro atoms. The zero-order valence-corrected chi connectivity index (χ0v) is 22.7. The second kappa shape index (κ2) is 12.8. The first-order valence-electron chi connectivity index (χ1n) is 14.0. The zero-order valence-electron chi connectivity index (χ0n) is 22.7. The van der Waals surface area contributed by atoms with E-state index in [2.05, 4.69) is 65.3 Å². The molecule has 204 valence electrons. The number of para-hydroxylation sites is 2. The summed E-state index contributed by atoms with van der Waals surface area (Å²) in [7, 11) is 0. The van der Waals surface area contributed by atoms with Crippen molar-refractivity contribution in [3.05, 3.63) is 107 Å². The van der Waals surface area contributed by atoms with Gasteiger partial charge in [-0.1, -0.05) is 72.8 Å². The Kier molecular flexibility index (Phi) is 8.78. The lowest BCUT2D eigenvalue weighted by Crippen LogP contribution is -2.43. The average molecular weight is 527 g/mol. The number of nitrogens with zero attached hydrogens (tertiary/aromatic N) is 3. The maximum atomic E-state index is 13.0. The van der Waals surface area contributed by atoms with Crippen LogP contribution < -0.4 is 5.69 Å². The lowest BCUT2D eigenvalue weighted by atomic mass is 10.0. The van der Waals surface area contributed by atoms with Crippen LogP contribution in [0.3, 0.4) is 0 Å². The molecule has 1 fully saturated rings. The Morgan fingerprint density at radius 3 is 2.31 bits per heavy atom. The summed E-state index contributed by atoms with van der Waals surface area (Å²) < 4.78 is 7.66. The third kappa shape index (κ3) is 6.79. The molecule has 0 radical (unpaired) electrons. The van der Waals surface area contributed by atoms with E-state index in [0.717, 1.165) is 49.8 Å². The van der Waals surface area contributed by atoms with Crippen LogP contribution in [0, 0.1) is 0 Å². The number of aromatic nitrogens is 2. The molecule has 2 heterocycles. The van der Waals surface area contributed by atoms with Crippen LogP contribution in [0.5, 0.6) is 0 Å². The number of aromatic amines is 1. The molecular weight excluding hydrogens is 488 g/mol. The van der Waals surface area contributed by atoms with Crippen LogP contribution in [0.4, 0.5) is 4.79 Å². The molecular formula is C32H38N4O3. The van der Waals surface area contributed by atoms with Gasteiger partial charge in [-0.15, -0.1) is 0 Å². The maximum absolute atomic E-state index is 13.0. The second-order valence-corrected chi connectivity index (χ2v) is 10.5. The number of imidazole rings is 1. The summed E-state index contributed by atoms with van der Waals surface area (Å²) >= 11 is 0. The lowest BCUT2D eigenvalue weighted by Gasteiger charge is -2.33. The van der Waals surface area contributed by atoms with Gasteiger partial charge in [-0.05, 0) is 62.4 Å². The molecule has 39 heavy (non-hydrogen) atoms. The van der Waals surface area contributed by atoms with Crippen molar-refractivity contribution in [1.29, 1.82) is 0 Å². The van der Waals surface area contributed by atoms with Crippen molar-refractivity contribution in [1.82, 2.24) is 19.4 Å². The smallest absolute Gasteiger partial charge is 0.409 e. The number of aryl methyl sites for hydroxylation is 1. The van der Waals surface area contributed by atoms with Crippen LogP contribution >= 0.6 is 0 Å². The molecule has 1 atom stereocenters. The van der Waals surface area contributed by atoms with Crippen LogP contribution in [0.25, 0.3) is 11.0 Å². The summed E-state index contributed by atoms with van der Waals surface area (Å²) in [5.41, 5.74) is 4.28. The number of ether oxygens (including phenoxy) is 1. The SMILES string of the molecule is CC(COC(=O)N1CCC(n2c(=O)[nH]c3ccccc32)CC1)N(CCCc1ccccc1)Cc1ccccc1. The van der Waals surface area contributed by atoms with E-state index < -0.39 is 0 Å². The van der Waals surface area contributed by atoms with Crippen molar-refractivity contribution in [2.24, 2.45) is 0 Å². The fourth-order valence-electron chi connectivity index (χ4n) is 5.54. The number of hydrogen-bond donors (Lipinski definition) is 1. The van der Waals surface area contributed by atoms with E-state index in [9.17, 15) is 9.59 Å². The quantitative estimate of drug-likeness (QED) is 0.291. The molecule has 1 saturated heterocycles. The van der Waals surface area contributed by atoms with Crippen molar-refractivity contribution in [2.75, 3.05) is 26.2 Å². The zero-order chi connectivity index (χ0) is 27.0. The van der Waals surface area contributed by atoms with Crippen LogP contribution in [0.1, 0.15) is 43.4 Å². The molecule has 7 nitrogen and oxygen atoms in total. The third-order valence-electron chi connectivity index (χ3n) is 7.77. The van der Waals surface area contributed by atoms with E-state index in [4.69, 9.17) is 4.74 Å². The Morgan fingerprint density at radius 1 is 0.949 bits per heavy atom. The standard InChI is InChI=1S/C32H38N4O3/c1-25(35(23-27-13-6-3-7-14-27)20-10-15-26-11-4-2-5-12-26)24-39-32(38)34-21-18-28(19-22-34)36-30-17-9-8-16-29(30)33-31(36)37/h2-9,11-14,16-17,25,28H,10,15,18-24H2,1H3,(H,33,37). The van der Waals surface area contributed by atoms with Gasteiger partial charge in [0.1, 0.15) is 6.61 Å². The first-order chi connectivity index (χ1) is 19.1. The molecule has 7 heteroatoms. The van der Waals surface area contributed by atoms with Crippen molar-refractivity contribution in [3.8, 4) is 0 Å². The lowest BCUT2D eigenvalue weighted by molar-refractivity contribution is 0.0585. The number of fused-ring (bicyclic) bond motifs is 1. The van der Waals surface area contributed by atoms with Gasteiger partial charge in [0, 0.05) is 31.7 Å². The molecule has 1 unspecified atom stereocenters. The van der Waals surface area contributed by atoms with Gasteiger partial charge < -0.3 is 14.6 Å². The molecule has 0 saturated carbocycles.